The van der Waals surface area contributed by atoms with Crippen LogP contribution in [0.1, 0.15) is 12.5 Å². The molecule has 0 fully saturated rings. The first-order valence-corrected chi connectivity index (χ1v) is 5.84. The molecule has 1 rings (SSSR count). The van der Waals surface area contributed by atoms with Crippen LogP contribution in [-0.4, -0.2) is 28.5 Å². The summed E-state index contributed by atoms with van der Waals surface area (Å²) in [6, 6.07) is 6.01. The predicted octanol–water partition coefficient (Wildman–Crippen LogP) is 1.44. The Morgan fingerprint density at radius 1 is 1.45 bits per heavy atom. The Balaban J connectivity index is 2.66. The van der Waals surface area contributed by atoms with Crippen LogP contribution in [0.3, 0.4) is 0 Å². The molecule has 0 bridgehead atoms. The van der Waals surface area contributed by atoms with Gasteiger partial charge in [-0.05, 0) is 12.1 Å². The fraction of sp³-hybridized carbons (Fsp3) is 0.231. The van der Waals surface area contributed by atoms with Crippen molar-refractivity contribution in [3.05, 3.63) is 46.0 Å². The average Bonchev–Trinajstić information content (AvgIpc) is 2.42. The van der Waals surface area contributed by atoms with E-state index in [0.29, 0.717) is 5.56 Å². The second-order valence-corrected chi connectivity index (χ2v) is 4.13. The minimum atomic E-state index is -1.01. The van der Waals surface area contributed by atoms with Gasteiger partial charge in [-0.25, -0.2) is 0 Å². The molecule has 0 spiro atoms. The molecule has 0 aliphatic heterocycles. The normalized spacial score (nSPS) is 12.1. The lowest BCUT2D eigenvalue weighted by atomic mass is 10.1. The van der Waals surface area contributed by atoms with E-state index in [4.69, 9.17) is 5.11 Å². The van der Waals surface area contributed by atoms with Gasteiger partial charge in [0.1, 0.15) is 0 Å². The van der Waals surface area contributed by atoms with E-state index in [-0.39, 0.29) is 12.2 Å². The first-order chi connectivity index (χ1) is 9.41. The van der Waals surface area contributed by atoms with Gasteiger partial charge in [0.15, 0.2) is 0 Å². The Kier molecular flexibility index (Phi) is 5.40. The minimum absolute atomic E-state index is 0.00457. The zero-order chi connectivity index (χ0) is 15.1. The molecule has 0 saturated carbocycles. The Morgan fingerprint density at radius 2 is 2.10 bits per heavy atom. The van der Waals surface area contributed by atoms with E-state index in [1.165, 1.54) is 31.2 Å². The number of para-hydroxylation sites is 1. The third kappa shape index (κ3) is 4.52. The molecule has 1 atom stereocenters. The zero-order valence-corrected chi connectivity index (χ0v) is 10.8. The van der Waals surface area contributed by atoms with Gasteiger partial charge in [0.25, 0.3) is 5.69 Å². The SMILES string of the molecule is CC(CNC(=O)C=Cc1ccccc1[N+](=O)[O-])C(=O)O. The van der Waals surface area contributed by atoms with E-state index in [2.05, 4.69) is 5.32 Å². The lowest BCUT2D eigenvalue weighted by molar-refractivity contribution is -0.385. The summed E-state index contributed by atoms with van der Waals surface area (Å²) in [5.74, 6) is -2.21. The maximum absolute atomic E-state index is 11.5. The molecule has 0 radical (unpaired) electrons. The zero-order valence-electron chi connectivity index (χ0n) is 10.8. The van der Waals surface area contributed by atoms with Gasteiger partial charge in [-0.15, -0.1) is 0 Å². The Morgan fingerprint density at radius 3 is 2.70 bits per heavy atom. The van der Waals surface area contributed by atoms with Gasteiger partial charge in [0, 0.05) is 18.7 Å². The summed E-state index contributed by atoms with van der Waals surface area (Å²) >= 11 is 0. The topological polar surface area (TPSA) is 110 Å². The molecule has 0 aliphatic carbocycles. The van der Waals surface area contributed by atoms with Gasteiger partial charge in [0.05, 0.1) is 16.4 Å². The fourth-order valence-corrected chi connectivity index (χ4v) is 1.36. The largest absolute Gasteiger partial charge is 0.481 e. The van der Waals surface area contributed by atoms with E-state index in [1.807, 2.05) is 0 Å². The molecule has 106 valence electrons. The maximum atomic E-state index is 11.5. The number of nitro benzene ring substituents is 1. The number of carboxylic acids is 1. The van der Waals surface area contributed by atoms with Crippen molar-refractivity contribution in [2.75, 3.05) is 6.54 Å². The summed E-state index contributed by atoms with van der Waals surface area (Å²) in [6.45, 7) is 1.46. The molecule has 1 aromatic carbocycles. The molecular weight excluding hydrogens is 264 g/mol. The van der Waals surface area contributed by atoms with E-state index >= 15 is 0 Å². The van der Waals surface area contributed by atoms with E-state index in [1.54, 1.807) is 6.07 Å². The smallest absolute Gasteiger partial charge is 0.308 e. The summed E-state index contributed by atoms with van der Waals surface area (Å²) in [5, 5.41) is 21.8. The van der Waals surface area contributed by atoms with Crippen LogP contribution in [0.2, 0.25) is 0 Å². The van der Waals surface area contributed by atoms with Crippen molar-refractivity contribution in [3.8, 4) is 0 Å². The highest BCUT2D eigenvalue weighted by Crippen LogP contribution is 2.18. The summed E-state index contributed by atoms with van der Waals surface area (Å²) in [4.78, 5) is 32.3. The number of carboxylic acid groups (broad SMARTS) is 1. The van der Waals surface area contributed by atoms with Crippen LogP contribution in [0.15, 0.2) is 30.3 Å². The van der Waals surface area contributed by atoms with Crippen molar-refractivity contribution < 1.29 is 19.6 Å². The van der Waals surface area contributed by atoms with Crippen LogP contribution >= 0.6 is 0 Å². The molecule has 2 N–H and O–H groups in total. The van der Waals surface area contributed by atoms with Gasteiger partial charge in [0.2, 0.25) is 5.91 Å². The molecule has 7 heteroatoms. The van der Waals surface area contributed by atoms with Crippen LogP contribution in [0.4, 0.5) is 5.69 Å². The maximum Gasteiger partial charge on any atom is 0.308 e. The number of nitro groups is 1. The quantitative estimate of drug-likeness (QED) is 0.465. The van der Waals surface area contributed by atoms with Crippen molar-refractivity contribution >= 4 is 23.6 Å². The number of rotatable bonds is 6. The molecule has 1 unspecified atom stereocenters. The van der Waals surface area contributed by atoms with E-state index in [0.717, 1.165) is 6.08 Å². The second-order valence-electron chi connectivity index (χ2n) is 4.13. The number of hydrogen-bond donors (Lipinski definition) is 2. The molecule has 0 saturated heterocycles. The molecule has 20 heavy (non-hydrogen) atoms. The average molecular weight is 278 g/mol. The lowest BCUT2D eigenvalue weighted by Gasteiger charge is -2.05. The highest BCUT2D eigenvalue weighted by molar-refractivity contribution is 5.92. The van der Waals surface area contributed by atoms with E-state index in [9.17, 15) is 19.7 Å². The lowest BCUT2D eigenvalue weighted by Crippen LogP contribution is -2.30. The van der Waals surface area contributed by atoms with Crippen LogP contribution < -0.4 is 5.32 Å². The Bertz CT molecular complexity index is 553. The number of hydrogen-bond acceptors (Lipinski definition) is 4. The number of benzene rings is 1. The van der Waals surface area contributed by atoms with Crippen molar-refractivity contribution in [1.82, 2.24) is 5.32 Å². The fourth-order valence-electron chi connectivity index (χ4n) is 1.36. The summed E-state index contributed by atoms with van der Waals surface area (Å²) in [7, 11) is 0. The molecule has 7 nitrogen and oxygen atoms in total. The van der Waals surface area contributed by atoms with Crippen LogP contribution in [0, 0.1) is 16.0 Å². The molecule has 1 amide bonds. The monoisotopic (exact) mass is 278 g/mol. The summed E-state index contributed by atoms with van der Waals surface area (Å²) in [5.41, 5.74) is 0.203. The Hall–Kier alpha value is -2.70. The first kappa shape index (κ1) is 15.4. The summed E-state index contributed by atoms with van der Waals surface area (Å²) < 4.78 is 0. The van der Waals surface area contributed by atoms with Gasteiger partial charge in [-0.2, -0.15) is 0 Å². The number of amides is 1. The van der Waals surface area contributed by atoms with Gasteiger partial charge in [-0.1, -0.05) is 19.1 Å². The number of nitrogens with zero attached hydrogens (tertiary/aromatic N) is 1. The van der Waals surface area contributed by atoms with E-state index < -0.39 is 22.7 Å². The number of aliphatic carboxylic acids is 1. The number of carbonyl (C=O) groups excluding carboxylic acids is 1. The van der Waals surface area contributed by atoms with Gasteiger partial charge in [-0.3, -0.25) is 19.7 Å². The Labute approximate surface area is 115 Å². The molecule has 0 heterocycles. The minimum Gasteiger partial charge on any atom is -0.481 e. The standard InChI is InChI=1S/C13H14N2O5/c1-9(13(17)18)8-14-12(16)7-6-10-4-2-3-5-11(10)15(19)20/h2-7,9H,8H2,1H3,(H,14,16)(H,17,18). The van der Waals surface area contributed by atoms with Crippen molar-refractivity contribution in [2.45, 2.75) is 6.92 Å². The van der Waals surface area contributed by atoms with Crippen molar-refractivity contribution in [1.29, 1.82) is 0 Å². The van der Waals surface area contributed by atoms with Crippen LogP contribution in [0.5, 0.6) is 0 Å². The number of nitrogens with one attached hydrogen (secondary N) is 1. The molecule has 1 aromatic rings. The van der Waals surface area contributed by atoms with Crippen molar-refractivity contribution in [3.63, 3.8) is 0 Å². The van der Waals surface area contributed by atoms with Crippen LogP contribution in [-0.2, 0) is 9.59 Å². The molecule has 0 aliphatic rings. The first-order valence-electron chi connectivity index (χ1n) is 5.84. The van der Waals surface area contributed by atoms with Gasteiger partial charge >= 0.3 is 5.97 Å². The second kappa shape index (κ2) is 7.03. The molecule has 0 aromatic heterocycles. The van der Waals surface area contributed by atoms with Crippen LogP contribution in [0.25, 0.3) is 6.08 Å². The highest BCUT2D eigenvalue weighted by Gasteiger charge is 2.12. The van der Waals surface area contributed by atoms with Crippen molar-refractivity contribution in [2.24, 2.45) is 5.92 Å². The third-order valence-corrected chi connectivity index (χ3v) is 2.55. The number of carbonyl (C=O) groups is 2. The third-order valence-electron chi connectivity index (χ3n) is 2.55. The highest BCUT2D eigenvalue weighted by atomic mass is 16.6. The van der Waals surface area contributed by atoms with Gasteiger partial charge < -0.3 is 10.4 Å². The molecular formula is C13H14N2O5. The predicted molar refractivity (Wildman–Crippen MR) is 71.9 cm³/mol. The summed E-state index contributed by atoms with van der Waals surface area (Å²) in [6.07, 6.45) is 2.45.